The summed E-state index contributed by atoms with van der Waals surface area (Å²) in [7, 11) is 0. The Morgan fingerprint density at radius 3 is 2.35 bits per heavy atom. The van der Waals surface area contributed by atoms with E-state index in [0.717, 1.165) is 18.9 Å². The molecule has 0 spiro atoms. The molecule has 0 amide bonds. The third-order valence-electron chi connectivity index (χ3n) is 4.31. The van der Waals surface area contributed by atoms with E-state index in [0.29, 0.717) is 6.04 Å². The normalized spacial score (nSPS) is 27.2. The minimum absolute atomic E-state index is 0.0810. The Morgan fingerprint density at radius 2 is 1.82 bits per heavy atom. The zero-order chi connectivity index (χ0) is 12.9. The standard InChI is InChI=1S/C15H31NO/c1-12(2)9-7-5-6-8-10-16-13-11-14(17)15(13,3)4/h12-14,16-17H,5-11H2,1-4H3. The maximum Gasteiger partial charge on any atom is 0.0621 e. The molecule has 1 aliphatic carbocycles. The van der Waals surface area contributed by atoms with Gasteiger partial charge in [-0.2, -0.15) is 0 Å². The third kappa shape index (κ3) is 4.59. The molecule has 0 radical (unpaired) electrons. The number of aliphatic hydroxyl groups excluding tert-OH is 1. The molecule has 2 N–H and O–H groups in total. The van der Waals surface area contributed by atoms with Crippen molar-refractivity contribution in [3.8, 4) is 0 Å². The summed E-state index contributed by atoms with van der Waals surface area (Å²) in [5.74, 6) is 0.852. The SMILES string of the molecule is CC(C)CCCCCCNC1CC(O)C1(C)C. The van der Waals surface area contributed by atoms with E-state index in [2.05, 4.69) is 33.0 Å². The van der Waals surface area contributed by atoms with Gasteiger partial charge in [-0.25, -0.2) is 0 Å². The van der Waals surface area contributed by atoms with Gasteiger partial charge in [0.25, 0.3) is 0 Å². The fraction of sp³-hybridized carbons (Fsp3) is 1.00. The van der Waals surface area contributed by atoms with Crippen LogP contribution >= 0.6 is 0 Å². The molecule has 2 atom stereocenters. The van der Waals surface area contributed by atoms with Gasteiger partial charge in [-0.3, -0.25) is 0 Å². The van der Waals surface area contributed by atoms with Crippen molar-refractivity contribution in [2.24, 2.45) is 11.3 Å². The van der Waals surface area contributed by atoms with E-state index < -0.39 is 0 Å². The van der Waals surface area contributed by atoms with Crippen LogP contribution in [0.3, 0.4) is 0 Å². The highest BCUT2D eigenvalue weighted by molar-refractivity contribution is 5.01. The van der Waals surface area contributed by atoms with Gasteiger partial charge in [-0.15, -0.1) is 0 Å². The number of hydrogen-bond donors (Lipinski definition) is 2. The van der Waals surface area contributed by atoms with Crippen molar-refractivity contribution in [3.63, 3.8) is 0 Å². The highest BCUT2D eigenvalue weighted by atomic mass is 16.3. The van der Waals surface area contributed by atoms with E-state index >= 15 is 0 Å². The number of aliphatic hydroxyl groups is 1. The predicted molar refractivity (Wildman–Crippen MR) is 74.1 cm³/mol. The molecule has 2 nitrogen and oxygen atoms in total. The first-order chi connectivity index (χ1) is 7.94. The van der Waals surface area contributed by atoms with Gasteiger partial charge in [0, 0.05) is 11.5 Å². The summed E-state index contributed by atoms with van der Waals surface area (Å²) in [5, 5.41) is 13.2. The van der Waals surface area contributed by atoms with E-state index in [9.17, 15) is 5.11 Å². The Balaban J connectivity index is 1.92. The fourth-order valence-electron chi connectivity index (χ4n) is 2.56. The lowest BCUT2D eigenvalue weighted by Gasteiger charge is -2.49. The lowest BCUT2D eigenvalue weighted by molar-refractivity contribution is -0.0722. The largest absolute Gasteiger partial charge is 0.392 e. The molecule has 0 aliphatic heterocycles. The van der Waals surface area contributed by atoms with Crippen LogP contribution < -0.4 is 5.32 Å². The summed E-state index contributed by atoms with van der Waals surface area (Å²) in [6.07, 6.45) is 7.57. The molecule has 0 heterocycles. The molecular weight excluding hydrogens is 210 g/mol. The van der Waals surface area contributed by atoms with E-state index in [1.165, 1.54) is 32.1 Å². The molecular formula is C15H31NO. The Morgan fingerprint density at radius 1 is 1.18 bits per heavy atom. The number of unbranched alkanes of at least 4 members (excludes halogenated alkanes) is 3. The minimum Gasteiger partial charge on any atom is -0.392 e. The van der Waals surface area contributed by atoms with Crippen LogP contribution in [0.15, 0.2) is 0 Å². The molecule has 17 heavy (non-hydrogen) atoms. The van der Waals surface area contributed by atoms with Crippen LogP contribution in [-0.2, 0) is 0 Å². The average molecular weight is 241 g/mol. The molecule has 2 heteroatoms. The summed E-state index contributed by atoms with van der Waals surface area (Å²) in [5.41, 5.74) is 0.0810. The molecule has 0 aromatic rings. The lowest BCUT2D eigenvalue weighted by atomic mass is 9.64. The molecule has 1 rings (SSSR count). The van der Waals surface area contributed by atoms with Crippen molar-refractivity contribution in [1.82, 2.24) is 5.32 Å². The minimum atomic E-state index is -0.106. The monoisotopic (exact) mass is 241 g/mol. The quantitative estimate of drug-likeness (QED) is 0.639. The Kier molecular flexibility index (Phi) is 5.94. The smallest absolute Gasteiger partial charge is 0.0621 e. The molecule has 0 saturated heterocycles. The van der Waals surface area contributed by atoms with Crippen molar-refractivity contribution in [1.29, 1.82) is 0 Å². The number of rotatable bonds is 8. The molecule has 0 aromatic heterocycles. The van der Waals surface area contributed by atoms with Gasteiger partial charge in [0.1, 0.15) is 0 Å². The first-order valence-electron chi connectivity index (χ1n) is 7.36. The van der Waals surface area contributed by atoms with Crippen LogP contribution in [0.2, 0.25) is 0 Å². The van der Waals surface area contributed by atoms with Crippen LogP contribution in [0.1, 0.15) is 66.2 Å². The van der Waals surface area contributed by atoms with E-state index in [1.807, 2.05) is 0 Å². The zero-order valence-corrected chi connectivity index (χ0v) is 12.1. The zero-order valence-electron chi connectivity index (χ0n) is 12.1. The number of nitrogens with one attached hydrogen (secondary N) is 1. The van der Waals surface area contributed by atoms with Gasteiger partial charge in [0.15, 0.2) is 0 Å². The summed E-state index contributed by atoms with van der Waals surface area (Å²) < 4.78 is 0. The summed E-state index contributed by atoms with van der Waals surface area (Å²) in [6.45, 7) is 10.0. The summed E-state index contributed by atoms with van der Waals surface area (Å²) in [4.78, 5) is 0. The topological polar surface area (TPSA) is 32.3 Å². The second kappa shape index (κ2) is 6.75. The third-order valence-corrected chi connectivity index (χ3v) is 4.31. The van der Waals surface area contributed by atoms with Gasteiger partial charge < -0.3 is 10.4 Å². The van der Waals surface area contributed by atoms with Crippen LogP contribution in [0.4, 0.5) is 0 Å². The van der Waals surface area contributed by atoms with Gasteiger partial charge >= 0.3 is 0 Å². The van der Waals surface area contributed by atoms with E-state index in [-0.39, 0.29) is 11.5 Å². The first kappa shape index (κ1) is 15.0. The Bertz CT molecular complexity index is 213. The van der Waals surface area contributed by atoms with Crippen LogP contribution in [0.25, 0.3) is 0 Å². The van der Waals surface area contributed by atoms with E-state index in [1.54, 1.807) is 0 Å². The summed E-state index contributed by atoms with van der Waals surface area (Å²) in [6, 6.07) is 0.521. The first-order valence-corrected chi connectivity index (χ1v) is 7.36. The molecule has 102 valence electrons. The van der Waals surface area contributed by atoms with Crippen molar-refractivity contribution in [2.75, 3.05) is 6.54 Å². The highest BCUT2D eigenvalue weighted by Crippen LogP contribution is 2.40. The van der Waals surface area contributed by atoms with Crippen molar-refractivity contribution >= 4 is 0 Å². The highest BCUT2D eigenvalue weighted by Gasteiger charge is 2.46. The molecule has 1 aliphatic rings. The molecule has 1 fully saturated rings. The Hall–Kier alpha value is -0.0800. The van der Waals surface area contributed by atoms with Crippen LogP contribution in [0, 0.1) is 11.3 Å². The van der Waals surface area contributed by atoms with Crippen molar-refractivity contribution in [3.05, 3.63) is 0 Å². The second-order valence-electron chi connectivity index (χ2n) is 6.68. The lowest BCUT2D eigenvalue weighted by Crippen LogP contribution is -2.60. The molecule has 0 bridgehead atoms. The molecule has 2 unspecified atom stereocenters. The Labute approximate surface area is 107 Å². The molecule has 1 saturated carbocycles. The van der Waals surface area contributed by atoms with Crippen molar-refractivity contribution in [2.45, 2.75) is 78.4 Å². The van der Waals surface area contributed by atoms with Crippen molar-refractivity contribution < 1.29 is 5.11 Å². The maximum absolute atomic E-state index is 9.63. The van der Waals surface area contributed by atoms with Crippen LogP contribution in [0.5, 0.6) is 0 Å². The average Bonchev–Trinajstić information content (AvgIpc) is 2.26. The van der Waals surface area contributed by atoms with Gasteiger partial charge in [0.05, 0.1) is 6.10 Å². The summed E-state index contributed by atoms with van der Waals surface area (Å²) >= 11 is 0. The van der Waals surface area contributed by atoms with Gasteiger partial charge in [-0.1, -0.05) is 53.4 Å². The van der Waals surface area contributed by atoms with Gasteiger partial charge in [-0.05, 0) is 25.3 Å². The number of hydrogen-bond acceptors (Lipinski definition) is 2. The predicted octanol–water partition coefficient (Wildman–Crippen LogP) is 3.34. The van der Waals surface area contributed by atoms with Gasteiger partial charge in [0.2, 0.25) is 0 Å². The van der Waals surface area contributed by atoms with E-state index in [4.69, 9.17) is 0 Å². The maximum atomic E-state index is 9.63. The fourth-order valence-corrected chi connectivity index (χ4v) is 2.56. The van der Waals surface area contributed by atoms with Crippen LogP contribution in [-0.4, -0.2) is 23.8 Å². The molecule has 0 aromatic carbocycles. The second-order valence-corrected chi connectivity index (χ2v) is 6.68.